The van der Waals surface area contributed by atoms with E-state index in [2.05, 4.69) is 10.3 Å². The van der Waals surface area contributed by atoms with Crippen molar-refractivity contribution in [2.45, 2.75) is 13.5 Å². The highest BCUT2D eigenvalue weighted by Gasteiger charge is 2.08. The van der Waals surface area contributed by atoms with E-state index in [4.69, 9.17) is 5.11 Å². The molecule has 5 heteroatoms. The van der Waals surface area contributed by atoms with Crippen LogP contribution in [0.15, 0.2) is 36.5 Å². The Balaban J connectivity index is 2.18. The van der Waals surface area contributed by atoms with Gasteiger partial charge in [-0.15, -0.1) is 0 Å². The van der Waals surface area contributed by atoms with Crippen molar-refractivity contribution in [1.82, 2.24) is 4.98 Å². The van der Waals surface area contributed by atoms with Crippen LogP contribution in [-0.2, 0) is 6.61 Å². The number of amides is 1. The lowest BCUT2D eigenvalue weighted by Gasteiger charge is -2.07. The number of anilines is 1. The fourth-order valence-electron chi connectivity index (χ4n) is 1.63. The van der Waals surface area contributed by atoms with E-state index in [-0.39, 0.29) is 18.3 Å². The Morgan fingerprint density at radius 1 is 1.37 bits per heavy atom. The summed E-state index contributed by atoms with van der Waals surface area (Å²) in [4.78, 5) is 15.9. The number of aliphatic hydroxyl groups is 1. The van der Waals surface area contributed by atoms with Gasteiger partial charge in [0.2, 0.25) is 0 Å². The first-order valence-electron chi connectivity index (χ1n) is 5.73. The van der Waals surface area contributed by atoms with Gasteiger partial charge in [0.1, 0.15) is 5.82 Å². The van der Waals surface area contributed by atoms with Gasteiger partial charge in [0.25, 0.3) is 5.91 Å². The summed E-state index contributed by atoms with van der Waals surface area (Å²) in [5.74, 6) is -0.646. The predicted molar refractivity (Wildman–Crippen MR) is 69.3 cm³/mol. The Morgan fingerprint density at radius 3 is 2.84 bits per heavy atom. The van der Waals surface area contributed by atoms with Crippen LogP contribution in [0.5, 0.6) is 0 Å². The maximum Gasteiger partial charge on any atom is 0.255 e. The molecule has 2 N–H and O–H groups in total. The molecule has 2 rings (SSSR count). The van der Waals surface area contributed by atoms with Gasteiger partial charge in [-0.1, -0.05) is 0 Å². The summed E-state index contributed by atoms with van der Waals surface area (Å²) in [6.45, 7) is 1.40. The van der Waals surface area contributed by atoms with Gasteiger partial charge in [0.15, 0.2) is 0 Å². The van der Waals surface area contributed by atoms with E-state index in [0.29, 0.717) is 22.5 Å². The zero-order valence-corrected chi connectivity index (χ0v) is 10.4. The Morgan fingerprint density at radius 2 is 2.16 bits per heavy atom. The molecule has 0 fully saturated rings. The van der Waals surface area contributed by atoms with Gasteiger partial charge in [-0.05, 0) is 42.8 Å². The van der Waals surface area contributed by atoms with E-state index >= 15 is 0 Å². The zero-order valence-electron chi connectivity index (χ0n) is 10.4. The summed E-state index contributed by atoms with van der Waals surface area (Å²) in [6, 6.07) is 7.41. The number of benzene rings is 1. The molecule has 1 aromatic carbocycles. The second-order valence-electron chi connectivity index (χ2n) is 4.11. The largest absolute Gasteiger partial charge is 0.390 e. The molecule has 1 heterocycles. The van der Waals surface area contributed by atoms with E-state index in [0.717, 1.165) is 0 Å². The molecular weight excluding hydrogens is 247 g/mol. The van der Waals surface area contributed by atoms with Gasteiger partial charge in [-0.2, -0.15) is 0 Å². The van der Waals surface area contributed by atoms with Crippen LogP contribution in [0.1, 0.15) is 21.6 Å². The minimum Gasteiger partial charge on any atom is -0.390 e. The third-order valence-corrected chi connectivity index (χ3v) is 2.66. The van der Waals surface area contributed by atoms with Gasteiger partial charge in [-0.3, -0.25) is 9.78 Å². The summed E-state index contributed by atoms with van der Waals surface area (Å²) in [5.41, 5.74) is 1.79. The minimum atomic E-state index is -0.330. The number of hydrogen-bond acceptors (Lipinski definition) is 3. The van der Waals surface area contributed by atoms with Crippen molar-refractivity contribution in [2.24, 2.45) is 0 Å². The van der Waals surface area contributed by atoms with Crippen LogP contribution in [0, 0.1) is 12.7 Å². The van der Waals surface area contributed by atoms with Crippen LogP contribution in [-0.4, -0.2) is 16.0 Å². The van der Waals surface area contributed by atoms with Crippen molar-refractivity contribution in [3.05, 3.63) is 59.2 Å². The average Bonchev–Trinajstić information content (AvgIpc) is 2.43. The predicted octanol–water partition coefficient (Wildman–Crippen LogP) is 2.27. The molecule has 0 aliphatic carbocycles. The Hall–Kier alpha value is -2.27. The summed E-state index contributed by atoms with van der Waals surface area (Å²) >= 11 is 0. The Bertz CT molecular complexity index is 614. The van der Waals surface area contributed by atoms with Gasteiger partial charge in [0.05, 0.1) is 12.3 Å². The van der Waals surface area contributed by atoms with Crippen LogP contribution < -0.4 is 5.32 Å². The van der Waals surface area contributed by atoms with Gasteiger partial charge in [-0.25, -0.2) is 4.39 Å². The Labute approximate surface area is 109 Å². The zero-order chi connectivity index (χ0) is 13.8. The van der Waals surface area contributed by atoms with Crippen molar-refractivity contribution in [3.63, 3.8) is 0 Å². The summed E-state index contributed by atoms with van der Waals surface area (Å²) in [6.07, 6.45) is 1.45. The number of carbonyl (C=O) groups is 1. The molecule has 0 radical (unpaired) electrons. The Kier molecular flexibility index (Phi) is 3.87. The van der Waals surface area contributed by atoms with Crippen LogP contribution in [0.2, 0.25) is 0 Å². The fourth-order valence-corrected chi connectivity index (χ4v) is 1.63. The molecule has 0 atom stereocenters. The quantitative estimate of drug-likeness (QED) is 0.890. The number of nitrogens with zero attached hydrogens (tertiary/aromatic N) is 1. The number of pyridine rings is 1. The van der Waals surface area contributed by atoms with Gasteiger partial charge < -0.3 is 10.4 Å². The van der Waals surface area contributed by atoms with Crippen LogP contribution in [0.3, 0.4) is 0 Å². The smallest absolute Gasteiger partial charge is 0.255 e. The normalized spacial score (nSPS) is 10.3. The molecule has 4 nitrogen and oxygen atoms in total. The molecule has 0 saturated heterocycles. The van der Waals surface area contributed by atoms with E-state index in [1.807, 2.05) is 0 Å². The van der Waals surface area contributed by atoms with Crippen LogP contribution >= 0.6 is 0 Å². The molecule has 0 aliphatic rings. The maximum absolute atomic E-state index is 13.1. The monoisotopic (exact) mass is 260 g/mol. The highest BCUT2D eigenvalue weighted by Crippen LogP contribution is 2.15. The number of hydrogen-bond donors (Lipinski definition) is 2. The second-order valence-corrected chi connectivity index (χ2v) is 4.11. The molecule has 19 heavy (non-hydrogen) atoms. The van der Waals surface area contributed by atoms with Crippen LogP contribution in [0.25, 0.3) is 0 Å². The summed E-state index contributed by atoms with van der Waals surface area (Å²) < 4.78 is 13.1. The fraction of sp³-hybridized carbons (Fsp3) is 0.143. The highest BCUT2D eigenvalue weighted by atomic mass is 19.1. The van der Waals surface area contributed by atoms with Crippen molar-refractivity contribution in [1.29, 1.82) is 0 Å². The molecular formula is C14H13FN2O2. The number of aryl methyl sites for hydroxylation is 1. The van der Waals surface area contributed by atoms with E-state index in [1.54, 1.807) is 19.1 Å². The molecule has 0 bridgehead atoms. The third-order valence-electron chi connectivity index (χ3n) is 2.66. The van der Waals surface area contributed by atoms with Crippen molar-refractivity contribution in [3.8, 4) is 0 Å². The molecule has 2 aromatic rings. The number of aromatic nitrogens is 1. The van der Waals surface area contributed by atoms with Crippen LogP contribution in [0.4, 0.5) is 10.1 Å². The van der Waals surface area contributed by atoms with Gasteiger partial charge >= 0.3 is 0 Å². The molecule has 1 amide bonds. The topological polar surface area (TPSA) is 62.2 Å². The molecule has 0 aliphatic heterocycles. The first kappa shape index (κ1) is 13.2. The third kappa shape index (κ3) is 3.14. The van der Waals surface area contributed by atoms with E-state index in [9.17, 15) is 9.18 Å². The first-order chi connectivity index (χ1) is 9.10. The molecule has 1 aromatic heterocycles. The van der Waals surface area contributed by atoms with Crippen molar-refractivity contribution < 1.29 is 14.3 Å². The van der Waals surface area contributed by atoms with Crippen molar-refractivity contribution in [2.75, 3.05) is 5.32 Å². The molecule has 0 spiro atoms. The number of rotatable bonds is 3. The summed E-state index contributed by atoms with van der Waals surface area (Å²) in [7, 11) is 0. The standard InChI is InChI=1S/C14H13FN2O2/c1-9-6-11(2-3-13(9)15)17-14(19)10-4-5-16-12(7-10)8-18/h2-7,18H,8H2,1H3,(H,17,19). The lowest BCUT2D eigenvalue weighted by atomic mass is 10.2. The number of nitrogens with one attached hydrogen (secondary N) is 1. The lowest BCUT2D eigenvalue weighted by molar-refractivity contribution is 0.102. The summed E-state index contributed by atoms with van der Waals surface area (Å²) in [5, 5.41) is 11.6. The molecule has 98 valence electrons. The average molecular weight is 260 g/mol. The van der Waals surface area contributed by atoms with Gasteiger partial charge in [0, 0.05) is 17.4 Å². The first-order valence-corrected chi connectivity index (χ1v) is 5.73. The molecule has 0 saturated carbocycles. The maximum atomic E-state index is 13.1. The number of aliphatic hydroxyl groups excluding tert-OH is 1. The SMILES string of the molecule is Cc1cc(NC(=O)c2ccnc(CO)c2)ccc1F. The highest BCUT2D eigenvalue weighted by molar-refractivity contribution is 6.04. The molecule has 0 unspecified atom stereocenters. The number of halogens is 1. The second kappa shape index (κ2) is 5.58. The van der Waals surface area contributed by atoms with Crippen molar-refractivity contribution >= 4 is 11.6 Å². The number of carbonyl (C=O) groups excluding carboxylic acids is 1. The van der Waals surface area contributed by atoms with E-state index < -0.39 is 0 Å². The lowest BCUT2D eigenvalue weighted by Crippen LogP contribution is -2.12. The minimum absolute atomic E-state index is 0.225. The van der Waals surface area contributed by atoms with E-state index in [1.165, 1.54) is 24.4 Å².